The van der Waals surface area contributed by atoms with Gasteiger partial charge in [0.2, 0.25) is 0 Å². The smallest absolute Gasteiger partial charge is 0.254 e. The summed E-state index contributed by atoms with van der Waals surface area (Å²) in [5.41, 5.74) is 5.02. The number of pyridine rings is 2. The number of aryl methyl sites for hydroxylation is 2. The van der Waals surface area contributed by atoms with Gasteiger partial charge in [-0.2, -0.15) is 0 Å². The van der Waals surface area contributed by atoms with Crippen LogP contribution in [0.15, 0.2) is 55.0 Å². The molecular formula is C31H40ClN5O2. The number of hydrogen-bond donors (Lipinski definition) is 1. The van der Waals surface area contributed by atoms with E-state index in [9.17, 15) is 4.79 Å². The monoisotopic (exact) mass is 549 g/mol. The molecule has 0 bridgehead atoms. The number of benzene rings is 1. The average molecular weight is 550 g/mol. The third-order valence-electron chi connectivity index (χ3n) is 7.72. The molecule has 3 heterocycles. The van der Waals surface area contributed by atoms with E-state index in [1.165, 1.54) is 16.8 Å². The summed E-state index contributed by atoms with van der Waals surface area (Å²) in [5.74, 6) is 0.739. The Bertz CT molecular complexity index is 1210. The standard InChI is InChI=1S/C31H40ClN5O2/c1-5-39-28-8-6-26(7-9-28)37(21-25-20-33-15-10-22(25)2)27-13-18-36(19-14-27)24(4)12-17-35-31(38)29-23(3)11-16-34-30(29)32/h6-11,15-16,20,24,27H,5,12-14,17-19,21H2,1-4H3,(H,35,38). The summed E-state index contributed by atoms with van der Waals surface area (Å²) < 4.78 is 5.68. The van der Waals surface area contributed by atoms with E-state index in [1.54, 1.807) is 12.3 Å². The van der Waals surface area contributed by atoms with Gasteiger partial charge in [0.1, 0.15) is 10.9 Å². The number of amides is 1. The van der Waals surface area contributed by atoms with Crippen molar-refractivity contribution in [1.29, 1.82) is 0 Å². The summed E-state index contributed by atoms with van der Waals surface area (Å²) in [4.78, 5) is 26.2. The van der Waals surface area contributed by atoms with Crippen molar-refractivity contribution in [3.8, 4) is 5.75 Å². The minimum absolute atomic E-state index is 0.159. The highest BCUT2D eigenvalue weighted by molar-refractivity contribution is 6.32. The van der Waals surface area contributed by atoms with Crippen LogP contribution in [0.25, 0.3) is 0 Å². The summed E-state index contributed by atoms with van der Waals surface area (Å²) >= 11 is 6.16. The van der Waals surface area contributed by atoms with Gasteiger partial charge in [0, 0.05) is 62.5 Å². The summed E-state index contributed by atoms with van der Waals surface area (Å²) in [6.07, 6.45) is 8.50. The quantitative estimate of drug-likeness (QED) is 0.304. The van der Waals surface area contributed by atoms with Crippen LogP contribution in [0.3, 0.4) is 0 Å². The maximum absolute atomic E-state index is 12.7. The van der Waals surface area contributed by atoms with Gasteiger partial charge < -0.3 is 19.9 Å². The molecule has 0 spiro atoms. The number of halogens is 1. The van der Waals surface area contributed by atoms with E-state index in [2.05, 4.69) is 69.3 Å². The van der Waals surface area contributed by atoms with Crippen LogP contribution in [0.2, 0.25) is 5.15 Å². The normalized spacial score (nSPS) is 15.1. The lowest BCUT2D eigenvalue weighted by molar-refractivity contribution is 0.0944. The number of hydrogen-bond acceptors (Lipinski definition) is 6. The molecule has 1 aliphatic rings. The molecule has 1 atom stereocenters. The number of nitrogens with one attached hydrogen (secondary N) is 1. The third kappa shape index (κ3) is 7.49. The molecule has 7 nitrogen and oxygen atoms in total. The highest BCUT2D eigenvalue weighted by atomic mass is 35.5. The fraction of sp³-hybridized carbons (Fsp3) is 0.452. The number of ether oxygens (including phenoxy) is 1. The predicted octanol–water partition coefficient (Wildman–Crippen LogP) is 5.83. The van der Waals surface area contributed by atoms with Crippen LogP contribution in [-0.2, 0) is 6.54 Å². The zero-order valence-corrected chi connectivity index (χ0v) is 24.2. The number of aromatic nitrogens is 2. The molecule has 0 saturated carbocycles. The van der Waals surface area contributed by atoms with Crippen molar-refractivity contribution in [2.24, 2.45) is 0 Å². The molecule has 1 aliphatic heterocycles. The molecule has 208 valence electrons. The summed E-state index contributed by atoms with van der Waals surface area (Å²) in [7, 11) is 0. The zero-order valence-electron chi connectivity index (χ0n) is 23.5. The van der Waals surface area contributed by atoms with E-state index < -0.39 is 0 Å². The fourth-order valence-electron chi connectivity index (χ4n) is 5.28. The van der Waals surface area contributed by atoms with E-state index in [4.69, 9.17) is 16.3 Å². The van der Waals surface area contributed by atoms with Gasteiger partial charge in [0.25, 0.3) is 5.91 Å². The first kappa shape index (κ1) is 28.8. The number of nitrogens with zero attached hydrogens (tertiary/aromatic N) is 4. The van der Waals surface area contributed by atoms with E-state index >= 15 is 0 Å². The summed E-state index contributed by atoms with van der Waals surface area (Å²) in [6, 6.07) is 13.2. The maximum Gasteiger partial charge on any atom is 0.254 e. The minimum Gasteiger partial charge on any atom is -0.494 e. The van der Waals surface area contributed by atoms with Crippen molar-refractivity contribution in [3.63, 3.8) is 0 Å². The van der Waals surface area contributed by atoms with Gasteiger partial charge in [-0.1, -0.05) is 11.6 Å². The Morgan fingerprint density at radius 3 is 2.51 bits per heavy atom. The number of likely N-dealkylation sites (tertiary alicyclic amines) is 1. The topological polar surface area (TPSA) is 70.6 Å². The lowest BCUT2D eigenvalue weighted by Crippen LogP contribution is -2.48. The SMILES string of the molecule is CCOc1ccc(N(Cc2cnccc2C)C2CCN(C(C)CCNC(=O)c3c(C)ccnc3Cl)CC2)cc1. The van der Waals surface area contributed by atoms with Crippen LogP contribution < -0.4 is 15.0 Å². The first-order chi connectivity index (χ1) is 18.9. The van der Waals surface area contributed by atoms with Crippen LogP contribution in [0.4, 0.5) is 5.69 Å². The molecule has 39 heavy (non-hydrogen) atoms. The van der Waals surface area contributed by atoms with Crippen molar-refractivity contribution >= 4 is 23.2 Å². The molecule has 1 amide bonds. The first-order valence-corrected chi connectivity index (χ1v) is 14.3. The van der Waals surface area contributed by atoms with Crippen LogP contribution in [0, 0.1) is 13.8 Å². The van der Waals surface area contributed by atoms with Gasteiger partial charge in [0.15, 0.2) is 0 Å². The van der Waals surface area contributed by atoms with Gasteiger partial charge in [-0.15, -0.1) is 0 Å². The summed E-state index contributed by atoms with van der Waals surface area (Å²) in [6.45, 7) is 12.4. The second-order valence-electron chi connectivity index (χ2n) is 10.3. The van der Waals surface area contributed by atoms with Crippen LogP contribution in [0.1, 0.15) is 60.2 Å². The number of anilines is 1. The Kier molecular flexibility index (Phi) is 10.2. The van der Waals surface area contributed by atoms with Crippen molar-refractivity contribution in [2.45, 2.75) is 65.6 Å². The molecule has 1 unspecified atom stereocenters. The van der Waals surface area contributed by atoms with Gasteiger partial charge in [0.05, 0.1) is 12.2 Å². The molecule has 1 fully saturated rings. The van der Waals surface area contributed by atoms with Crippen molar-refractivity contribution < 1.29 is 9.53 Å². The van der Waals surface area contributed by atoms with E-state index in [-0.39, 0.29) is 11.1 Å². The molecule has 0 radical (unpaired) electrons. The molecule has 0 aliphatic carbocycles. The molecular weight excluding hydrogens is 510 g/mol. The molecule has 1 N–H and O–H groups in total. The minimum atomic E-state index is -0.159. The zero-order chi connectivity index (χ0) is 27.8. The molecule has 3 aromatic rings. The predicted molar refractivity (Wildman–Crippen MR) is 158 cm³/mol. The van der Waals surface area contributed by atoms with E-state index in [0.717, 1.165) is 50.2 Å². The van der Waals surface area contributed by atoms with Gasteiger partial charge in [-0.3, -0.25) is 9.78 Å². The first-order valence-electron chi connectivity index (χ1n) is 13.9. The number of rotatable bonds is 11. The van der Waals surface area contributed by atoms with Crippen LogP contribution in [0.5, 0.6) is 5.75 Å². The van der Waals surface area contributed by atoms with E-state index in [0.29, 0.717) is 30.8 Å². The molecule has 2 aromatic heterocycles. The second-order valence-corrected chi connectivity index (χ2v) is 10.7. The Morgan fingerprint density at radius 1 is 1.13 bits per heavy atom. The third-order valence-corrected chi connectivity index (χ3v) is 8.01. The Morgan fingerprint density at radius 2 is 1.85 bits per heavy atom. The van der Waals surface area contributed by atoms with Crippen LogP contribution in [-0.4, -0.2) is 59.1 Å². The maximum atomic E-state index is 12.7. The van der Waals surface area contributed by atoms with Crippen molar-refractivity contribution in [3.05, 3.63) is 82.4 Å². The Balaban J connectivity index is 1.35. The second kappa shape index (κ2) is 13.8. The van der Waals surface area contributed by atoms with Crippen LogP contribution >= 0.6 is 11.6 Å². The number of carbonyl (C=O) groups excluding carboxylic acids is 1. The van der Waals surface area contributed by atoms with Crippen molar-refractivity contribution in [2.75, 3.05) is 31.1 Å². The number of carbonyl (C=O) groups is 1. The highest BCUT2D eigenvalue weighted by Gasteiger charge is 2.28. The Hall–Kier alpha value is -3.16. The molecule has 4 rings (SSSR count). The van der Waals surface area contributed by atoms with Crippen molar-refractivity contribution in [1.82, 2.24) is 20.2 Å². The Labute approximate surface area is 237 Å². The van der Waals surface area contributed by atoms with E-state index in [1.807, 2.05) is 26.2 Å². The summed E-state index contributed by atoms with van der Waals surface area (Å²) in [5, 5.41) is 3.28. The highest BCUT2D eigenvalue weighted by Crippen LogP contribution is 2.29. The average Bonchev–Trinajstić information content (AvgIpc) is 2.93. The molecule has 8 heteroatoms. The molecule has 1 saturated heterocycles. The van der Waals surface area contributed by atoms with Gasteiger partial charge in [-0.05, 0) is 100 Å². The lowest BCUT2D eigenvalue weighted by Gasteiger charge is -2.42. The molecule has 1 aromatic carbocycles. The lowest BCUT2D eigenvalue weighted by atomic mass is 9.99. The van der Waals surface area contributed by atoms with Gasteiger partial charge in [-0.25, -0.2) is 4.98 Å². The van der Waals surface area contributed by atoms with Gasteiger partial charge >= 0.3 is 0 Å². The largest absolute Gasteiger partial charge is 0.494 e. The number of piperidine rings is 1. The fourth-order valence-corrected chi connectivity index (χ4v) is 5.57.